The molecule has 0 amide bonds. The van der Waals surface area contributed by atoms with E-state index in [-0.39, 0.29) is 165 Å². The average Bonchev–Trinajstić information content (AvgIpc) is 0.900. The van der Waals surface area contributed by atoms with Gasteiger partial charge in [0, 0.05) is 55.4 Å². The predicted octanol–water partition coefficient (Wildman–Crippen LogP) is 6.75. The van der Waals surface area contributed by atoms with Crippen molar-refractivity contribution in [3.8, 4) is 0 Å². The first-order valence-corrected chi connectivity index (χ1v) is 39.1. The highest BCUT2D eigenvalue weighted by Crippen LogP contribution is 2.22. The number of carbonyl (C=O) groups excluding carboxylic acids is 12. The third kappa shape index (κ3) is 86.5. The van der Waals surface area contributed by atoms with Gasteiger partial charge in [-0.1, -0.05) is 62.3 Å². The van der Waals surface area contributed by atoms with Crippen LogP contribution in [0.4, 0.5) is 0 Å². The molecule has 116 heavy (non-hydrogen) atoms. The number of rotatable bonds is 48. The minimum absolute atomic E-state index is 0.00483. The molecule has 688 valence electrons. The maximum absolute atomic E-state index is 11.6. The van der Waals surface area contributed by atoms with Crippen LogP contribution < -0.4 is 0 Å². The smallest absolute Gasteiger partial charge is 0.311 e. The number of hydrogen-bond donors (Lipinski definition) is 8. The predicted molar refractivity (Wildman–Crippen MR) is 424 cm³/mol. The van der Waals surface area contributed by atoms with Crippen molar-refractivity contribution in [1.82, 2.24) is 0 Å². The van der Waals surface area contributed by atoms with Crippen LogP contribution in [0.2, 0.25) is 0 Å². The van der Waals surface area contributed by atoms with Crippen molar-refractivity contribution < 1.29 is 174 Å². The molecule has 0 saturated carbocycles. The van der Waals surface area contributed by atoms with Gasteiger partial charge in [0.1, 0.15) is 68.7 Å². The zero-order valence-electron chi connectivity index (χ0n) is 74.9. The van der Waals surface area contributed by atoms with Gasteiger partial charge in [0.05, 0.1) is 120 Å². The number of esters is 12. The van der Waals surface area contributed by atoms with Gasteiger partial charge in [0.2, 0.25) is 0 Å². The van der Waals surface area contributed by atoms with Gasteiger partial charge in [-0.2, -0.15) is 0 Å². The van der Waals surface area contributed by atoms with Gasteiger partial charge in [-0.15, -0.1) is 0 Å². The molecule has 0 fully saturated rings. The Hall–Kier alpha value is -6.84. The zero-order valence-corrected chi connectivity index (χ0v) is 74.9. The molecular formula is C80H152O36. The molecule has 0 saturated heterocycles. The van der Waals surface area contributed by atoms with Crippen LogP contribution in [0.1, 0.15) is 258 Å². The first-order valence-electron chi connectivity index (χ1n) is 39.1. The van der Waals surface area contributed by atoms with E-state index in [2.05, 4.69) is 9.47 Å². The van der Waals surface area contributed by atoms with Gasteiger partial charge in [0.15, 0.2) is 12.2 Å². The second-order valence-electron chi connectivity index (χ2n) is 28.8. The maximum atomic E-state index is 11.6. The summed E-state index contributed by atoms with van der Waals surface area (Å²) in [5.41, 5.74) is -1.58. The van der Waals surface area contributed by atoms with E-state index in [0.29, 0.717) is 19.3 Å². The molecule has 12 atom stereocenters. The van der Waals surface area contributed by atoms with Crippen LogP contribution in [0.25, 0.3) is 0 Å². The van der Waals surface area contributed by atoms with Crippen LogP contribution in [0.3, 0.4) is 0 Å². The van der Waals surface area contributed by atoms with Crippen LogP contribution >= 0.6 is 0 Å². The molecular weight excluding hydrogens is 1540 g/mol. The fourth-order valence-electron chi connectivity index (χ4n) is 6.48. The summed E-state index contributed by atoms with van der Waals surface area (Å²) in [6, 6.07) is 0. The Morgan fingerprint density at radius 2 is 0.603 bits per heavy atom. The van der Waals surface area contributed by atoms with Crippen molar-refractivity contribution >= 4 is 71.6 Å². The lowest BCUT2D eigenvalue weighted by atomic mass is 9.91. The molecule has 36 heteroatoms. The topological polar surface area (TPSA) is 514 Å². The fraction of sp³-hybridized carbons (Fsp3) is 0.850. The molecule has 0 aliphatic rings. The van der Waals surface area contributed by atoms with Gasteiger partial charge >= 0.3 is 71.6 Å². The third-order valence-corrected chi connectivity index (χ3v) is 15.7. The largest absolute Gasteiger partial charge is 0.463 e. The third-order valence-electron chi connectivity index (χ3n) is 15.7. The van der Waals surface area contributed by atoms with Crippen LogP contribution in [0, 0.1) is 11.3 Å². The summed E-state index contributed by atoms with van der Waals surface area (Å²) < 4.78 is 79.1. The lowest BCUT2D eigenvalue weighted by molar-refractivity contribution is -0.165. The number of carbonyl (C=O) groups is 12. The van der Waals surface area contributed by atoms with E-state index in [1.165, 1.54) is 55.4 Å². The molecule has 0 radical (unpaired) electrons. The quantitative estimate of drug-likeness (QED) is 0.0231. The molecule has 0 aliphatic carbocycles. The van der Waals surface area contributed by atoms with Crippen molar-refractivity contribution in [2.45, 2.75) is 342 Å². The average molecular weight is 1690 g/mol. The number of hydrogen-bond acceptors (Lipinski definition) is 36. The van der Waals surface area contributed by atoms with E-state index in [1.54, 1.807) is 41.5 Å². The highest BCUT2D eigenvalue weighted by Gasteiger charge is 2.29. The first-order chi connectivity index (χ1) is 53.6. The maximum Gasteiger partial charge on any atom is 0.311 e. The lowest BCUT2D eigenvalue weighted by Gasteiger charge is -2.26. The summed E-state index contributed by atoms with van der Waals surface area (Å²) in [7, 11) is 0. The summed E-state index contributed by atoms with van der Waals surface area (Å²) in [4.78, 5) is 130. The minimum atomic E-state index is -0.822. The Balaban J connectivity index is -0.000000192. The second kappa shape index (κ2) is 74.5. The van der Waals surface area contributed by atoms with E-state index in [1.807, 2.05) is 96.9 Å². The van der Waals surface area contributed by atoms with Crippen LogP contribution in [0.5, 0.6) is 0 Å². The summed E-state index contributed by atoms with van der Waals surface area (Å²) >= 11 is 0. The number of aliphatic hydroxyl groups is 8. The fourth-order valence-corrected chi connectivity index (χ4v) is 6.48. The van der Waals surface area contributed by atoms with Crippen molar-refractivity contribution in [3.05, 3.63) is 0 Å². The SMILES string of the molecule is CCC(C)(C)C(=O)OCC(CO)OC(C)=O.CCC(C)(C)OC(=O)CC(CO)OC(C)=O.CCC(C)(C)OCC(CO)OC(C)=O.CCC(C)(C)OCC(O)COC(C)=O.CCC(C)C(=O)OCC(CO)OC(C)=O.CCC(C)OC(=O)CC(CO)OC(C)=O.CCC(C)OCC(CO)OC(C)=O.CCC(C)OCC(O)COC(C)=O. The molecule has 0 aromatic rings. The minimum Gasteiger partial charge on any atom is -0.463 e. The van der Waals surface area contributed by atoms with Gasteiger partial charge in [-0.3, -0.25) is 57.5 Å². The Morgan fingerprint density at radius 1 is 0.302 bits per heavy atom. The first kappa shape index (κ1) is 125. The zero-order chi connectivity index (χ0) is 92.1. The number of ether oxygens (including phenoxy) is 16. The van der Waals surface area contributed by atoms with Crippen LogP contribution in [-0.4, -0.2) is 289 Å². The molecule has 36 nitrogen and oxygen atoms in total. The highest BCUT2D eigenvalue weighted by molar-refractivity contribution is 5.76. The molecule has 0 heterocycles. The summed E-state index contributed by atoms with van der Waals surface area (Å²) in [6.07, 6.45) is 0.426. The molecule has 0 aliphatic heterocycles. The molecule has 0 spiro atoms. The molecule has 0 rings (SSSR count). The second-order valence-corrected chi connectivity index (χ2v) is 28.8. The summed E-state index contributed by atoms with van der Waals surface area (Å²) in [6.45, 7) is 46.9. The van der Waals surface area contributed by atoms with Crippen LogP contribution in [0.15, 0.2) is 0 Å². The number of aliphatic hydroxyl groups excluding tert-OH is 8. The molecule has 0 aromatic carbocycles. The summed E-state index contributed by atoms with van der Waals surface area (Å²) in [5, 5.41) is 71.7. The van der Waals surface area contributed by atoms with E-state index in [9.17, 15) is 67.7 Å². The van der Waals surface area contributed by atoms with E-state index in [0.717, 1.165) is 32.1 Å². The monoisotopic (exact) mass is 1690 g/mol. The molecule has 0 bridgehead atoms. The van der Waals surface area contributed by atoms with Crippen molar-refractivity contribution in [1.29, 1.82) is 0 Å². The standard InChI is InChI=1S/2C11H20O5.2C10H18O5.2C10H20O4.2C9H18O4/c1-5-11(3,4)10(14)15-7-9(6-12)16-8(2)13;1-5-11(3,4)16-10(14)6-9(7-12)15-8(2)13;1-4-7(2)10(13)14-6-9(5-11)15-8(3)12;1-4-7(2)14-10(13)5-9(6-11)15-8(3)12;1-5-10(3,4)14-7-9(12)6-13-8(2)11;1-5-10(3,4)13-7-9(6-11)14-8(2)12;1-4-7(2)12-5-9(11)6-13-8(3)10;1-4-7(2)12-6-9(5-10)13-8(3)11/h2*9,12H,5-7H2,1-4H3;2*7,9,11H,4-6H2,1-3H3;9,12H,5-7H2,1-4H3;9,11H,5-7H2,1-4H3;7,9,11H,4-6H2,1-3H3;7,9-10H,4-6H2,1-3H3. The molecule has 12 unspecified atom stereocenters. The highest BCUT2D eigenvalue weighted by atomic mass is 16.6. The Labute approximate surface area is 689 Å². The lowest BCUT2D eigenvalue weighted by Crippen LogP contribution is -2.32. The normalized spacial score (nSPS) is 14.0. The molecule has 8 N–H and O–H groups in total. The Morgan fingerprint density at radius 3 is 0.914 bits per heavy atom. The van der Waals surface area contributed by atoms with Gasteiger partial charge in [-0.05, 0) is 128 Å². The van der Waals surface area contributed by atoms with Gasteiger partial charge in [0.25, 0.3) is 0 Å². The van der Waals surface area contributed by atoms with Crippen molar-refractivity contribution in [2.75, 3.05) is 92.5 Å². The van der Waals surface area contributed by atoms with E-state index >= 15 is 0 Å². The Bertz CT molecular complexity index is 2590. The van der Waals surface area contributed by atoms with Gasteiger partial charge in [-0.25, -0.2) is 0 Å². The van der Waals surface area contributed by atoms with E-state index < -0.39 is 108 Å². The van der Waals surface area contributed by atoms with E-state index in [4.69, 9.17) is 97.0 Å². The van der Waals surface area contributed by atoms with Crippen LogP contribution in [-0.2, 0) is 133 Å². The van der Waals surface area contributed by atoms with Crippen molar-refractivity contribution in [3.63, 3.8) is 0 Å². The summed E-state index contributed by atoms with van der Waals surface area (Å²) in [5.74, 6) is -5.47. The van der Waals surface area contributed by atoms with Crippen molar-refractivity contribution in [2.24, 2.45) is 11.3 Å². The Kier molecular flexibility index (Phi) is 80.1. The molecule has 0 aromatic heterocycles. The van der Waals surface area contributed by atoms with Gasteiger partial charge < -0.3 is 117 Å².